The predicted molar refractivity (Wildman–Crippen MR) is 119 cm³/mol. The zero-order valence-electron chi connectivity index (χ0n) is 18.2. The van der Waals surface area contributed by atoms with Gasteiger partial charge in [0.25, 0.3) is 11.8 Å². The van der Waals surface area contributed by atoms with Gasteiger partial charge in [0, 0.05) is 11.3 Å². The van der Waals surface area contributed by atoms with Crippen LogP contribution in [0.4, 0.5) is 5.13 Å². The minimum Gasteiger partial charge on any atom is -0.615 e. The molecule has 0 aliphatic carbocycles. The predicted octanol–water partition coefficient (Wildman–Crippen LogP) is -1.73. The number of rotatable bonds is 9. The van der Waals surface area contributed by atoms with E-state index in [4.69, 9.17) is 15.7 Å². The molecule has 3 rings (SSSR count). The summed E-state index contributed by atoms with van der Waals surface area (Å²) in [6.07, 6.45) is -0.602. The van der Waals surface area contributed by atoms with Crippen molar-refractivity contribution in [3.8, 4) is 0 Å². The van der Waals surface area contributed by atoms with Gasteiger partial charge >= 0.3 is 17.9 Å². The molecule has 6 N–H and O–H groups in total. The molecule has 2 aliphatic heterocycles. The number of amides is 2. The fourth-order valence-electron chi connectivity index (χ4n) is 3.55. The Labute approximate surface area is 204 Å². The molecule has 1 aromatic heterocycles. The number of aliphatic carboxylic acids is 3. The van der Waals surface area contributed by atoms with Crippen LogP contribution in [0.1, 0.15) is 26.0 Å². The standard InChI is InChI=1S/C18H21N5O10S2/c1-18(2,16(30)31)33-22-9(7-4-34-17(19)20-7)12(26)21-10-13(27)23-11(15(28)29)6(3-8(24)25)5-35(32)14(10)23/h4,6,10-11,14H,3,5H2,1-2H3,(H2,19,20)(H,21,26)(H,24,25)(H,28,29)(H,30,31)/b22-9-/t6-,10+,11-,14+,35+/m0/s1. The Morgan fingerprint density at radius 3 is 2.54 bits per heavy atom. The largest absolute Gasteiger partial charge is 0.615 e. The molecule has 2 fully saturated rings. The third-order valence-electron chi connectivity index (χ3n) is 5.31. The normalized spacial score (nSPS) is 26.4. The van der Waals surface area contributed by atoms with E-state index in [9.17, 15) is 38.7 Å². The van der Waals surface area contributed by atoms with Crippen LogP contribution >= 0.6 is 11.3 Å². The highest BCUT2D eigenvalue weighted by Crippen LogP contribution is 2.38. The number of β-lactam (4-membered cyclic amide) rings is 1. The van der Waals surface area contributed by atoms with Crippen molar-refractivity contribution in [1.29, 1.82) is 0 Å². The second-order valence-electron chi connectivity index (χ2n) is 8.19. The molecular formula is C18H21N5O10S2. The monoisotopic (exact) mass is 531 g/mol. The van der Waals surface area contributed by atoms with Gasteiger partial charge < -0.3 is 35.8 Å². The summed E-state index contributed by atoms with van der Waals surface area (Å²) in [5, 5.41) is 33.9. The molecule has 0 aromatic carbocycles. The zero-order valence-corrected chi connectivity index (χ0v) is 19.9. The molecular weight excluding hydrogens is 510 g/mol. The smallest absolute Gasteiger partial charge is 0.350 e. The van der Waals surface area contributed by atoms with Crippen LogP contribution in [0.25, 0.3) is 0 Å². The zero-order chi connectivity index (χ0) is 26.2. The minimum atomic E-state index is -1.88. The topological polar surface area (TPSA) is 245 Å². The van der Waals surface area contributed by atoms with E-state index in [1.54, 1.807) is 0 Å². The highest BCUT2D eigenvalue weighted by Gasteiger charge is 2.64. The Bertz CT molecular complexity index is 1110. The number of hydrogen-bond acceptors (Lipinski definition) is 11. The summed E-state index contributed by atoms with van der Waals surface area (Å²) in [7, 11) is 0. The van der Waals surface area contributed by atoms with Gasteiger partial charge in [-0.05, 0) is 25.0 Å². The molecule has 2 aliphatic rings. The number of carboxylic acid groups (broad SMARTS) is 3. The van der Waals surface area contributed by atoms with Crippen molar-refractivity contribution >= 4 is 63.1 Å². The summed E-state index contributed by atoms with van der Waals surface area (Å²) < 4.78 is 12.8. The molecule has 0 saturated carbocycles. The van der Waals surface area contributed by atoms with Crippen LogP contribution in [-0.2, 0) is 40.0 Å². The Morgan fingerprint density at radius 1 is 1.37 bits per heavy atom. The summed E-state index contributed by atoms with van der Waals surface area (Å²) in [5.41, 5.74) is 3.17. The van der Waals surface area contributed by atoms with Crippen LogP contribution in [0.3, 0.4) is 0 Å². The van der Waals surface area contributed by atoms with Gasteiger partial charge in [0.1, 0.15) is 17.5 Å². The van der Waals surface area contributed by atoms with Gasteiger partial charge in [-0.3, -0.25) is 19.3 Å². The number of carbonyl (C=O) groups excluding carboxylic acids is 2. The van der Waals surface area contributed by atoms with Crippen LogP contribution in [0.15, 0.2) is 10.5 Å². The van der Waals surface area contributed by atoms with Crippen molar-refractivity contribution < 1.29 is 48.7 Å². The number of hydrogen-bond donors (Lipinski definition) is 5. The molecule has 1 aromatic rings. The number of anilines is 1. The van der Waals surface area contributed by atoms with E-state index in [-0.39, 0.29) is 16.6 Å². The fourth-order valence-corrected chi connectivity index (χ4v) is 5.99. The number of nitrogens with two attached hydrogens (primary N) is 1. The number of nitrogens with one attached hydrogen (secondary N) is 1. The van der Waals surface area contributed by atoms with Gasteiger partial charge in [-0.15, -0.1) is 11.3 Å². The number of aromatic nitrogens is 1. The summed E-state index contributed by atoms with van der Waals surface area (Å²) in [5.74, 6) is -7.43. The highest BCUT2D eigenvalue weighted by atomic mass is 32.2. The first-order valence-electron chi connectivity index (χ1n) is 9.90. The molecule has 0 bridgehead atoms. The number of thiazole rings is 1. The molecule has 0 spiro atoms. The number of carboxylic acids is 3. The first-order valence-corrected chi connectivity index (χ1v) is 12.2. The number of oxime groups is 1. The molecule has 35 heavy (non-hydrogen) atoms. The quantitative estimate of drug-likeness (QED) is 0.103. The van der Waals surface area contributed by atoms with Crippen LogP contribution < -0.4 is 11.1 Å². The van der Waals surface area contributed by atoms with E-state index in [1.807, 2.05) is 0 Å². The molecule has 17 heteroatoms. The van der Waals surface area contributed by atoms with E-state index in [0.717, 1.165) is 16.2 Å². The van der Waals surface area contributed by atoms with Crippen molar-refractivity contribution in [2.45, 2.75) is 43.3 Å². The molecule has 190 valence electrons. The van der Waals surface area contributed by atoms with Crippen LogP contribution in [0, 0.1) is 5.92 Å². The van der Waals surface area contributed by atoms with Gasteiger partial charge in [0.2, 0.25) is 11.0 Å². The first kappa shape index (κ1) is 26.2. The maximum absolute atomic E-state index is 13.0. The van der Waals surface area contributed by atoms with Gasteiger partial charge in [-0.2, -0.15) is 0 Å². The Hall–Kier alpha value is -3.44. The van der Waals surface area contributed by atoms with Gasteiger partial charge in [-0.1, -0.05) is 5.16 Å². The van der Waals surface area contributed by atoms with Crippen LogP contribution in [0.5, 0.6) is 0 Å². The van der Waals surface area contributed by atoms with Crippen molar-refractivity contribution in [3.05, 3.63) is 11.1 Å². The van der Waals surface area contributed by atoms with Gasteiger partial charge in [-0.25, -0.2) is 14.6 Å². The van der Waals surface area contributed by atoms with Gasteiger partial charge in [0.15, 0.2) is 16.9 Å². The second kappa shape index (κ2) is 9.67. The third-order valence-corrected chi connectivity index (χ3v) is 7.78. The lowest BCUT2D eigenvalue weighted by Gasteiger charge is -2.53. The van der Waals surface area contributed by atoms with E-state index >= 15 is 0 Å². The Morgan fingerprint density at radius 2 is 2.03 bits per heavy atom. The SMILES string of the molecule is CC(C)(O/N=C(\C(=O)N[C@@H]1C(=O)N2[C@H](C(=O)O)[C@@H](CC(=O)O)C[S@@+]([O-])[C@H]12)c1csc(N)n1)C(=O)O. The molecule has 5 atom stereocenters. The average molecular weight is 532 g/mol. The second-order valence-corrected chi connectivity index (χ2v) is 10.7. The first-order chi connectivity index (χ1) is 16.2. The number of carbonyl (C=O) groups is 5. The van der Waals surface area contributed by atoms with Gasteiger partial charge in [0.05, 0.1) is 6.42 Å². The van der Waals surface area contributed by atoms with E-state index in [1.165, 1.54) is 19.2 Å². The fraction of sp³-hybridized carbons (Fsp3) is 0.500. The molecule has 0 radical (unpaired) electrons. The summed E-state index contributed by atoms with van der Waals surface area (Å²) in [4.78, 5) is 69.6. The summed E-state index contributed by atoms with van der Waals surface area (Å²) >= 11 is -0.922. The summed E-state index contributed by atoms with van der Waals surface area (Å²) in [6, 6.07) is -2.93. The summed E-state index contributed by atoms with van der Waals surface area (Å²) in [6.45, 7) is 2.36. The van der Waals surface area contributed by atoms with E-state index < -0.39 is 82.0 Å². The van der Waals surface area contributed by atoms with Crippen molar-refractivity contribution in [2.24, 2.45) is 11.1 Å². The number of nitrogen functional groups attached to an aromatic ring is 1. The van der Waals surface area contributed by atoms with Crippen molar-refractivity contribution in [3.63, 3.8) is 0 Å². The lowest BCUT2D eigenvalue weighted by Crippen LogP contribution is -2.80. The lowest BCUT2D eigenvalue weighted by atomic mass is 9.91. The molecule has 2 saturated heterocycles. The maximum atomic E-state index is 13.0. The number of nitrogens with zero attached hydrogens (tertiary/aromatic N) is 3. The molecule has 15 nitrogen and oxygen atoms in total. The van der Waals surface area contributed by atoms with E-state index in [2.05, 4.69) is 15.5 Å². The third kappa shape index (κ3) is 5.15. The van der Waals surface area contributed by atoms with Crippen LogP contribution in [-0.4, -0.2) is 94.0 Å². The van der Waals surface area contributed by atoms with Crippen LogP contribution in [0.2, 0.25) is 0 Å². The minimum absolute atomic E-state index is 0.0612. The molecule has 3 heterocycles. The molecule has 0 unspecified atom stereocenters. The van der Waals surface area contributed by atoms with E-state index in [0.29, 0.717) is 0 Å². The number of fused-ring (bicyclic) bond motifs is 1. The van der Waals surface area contributed by atoms with Crippen molar-refractivity contribution in [1.82, 2.24) is 15.2 Å². The Kier molecular flexibility index (Phi) is 7.23. The molecule has 2 amide bonds. The Balaban J connectivity index is 1.85. The lowest BCUT2D eigenvalue weighted by molar-refractivity contribution is -0.166. The van der Waals surface area contributed by atoms with Crippen molar-refractivity contribution in [2.75, 3.05) is 11.5 Å². The maximum Gasteiger partial charge on any atom is 0.350 e. The highest BCUT2D eigenvalue weighted by molar-refractivity contribution is 7.92. The average Bonchev–Trinajstić information content (AvgIpc) is 3.16.